The lowest BCUT2D eigenvalue weighted by molar-refractivity contribution is 0.0950. The molecule has 0 spiro atoms. The second-order valence-electron chi connectivity index (χ2n) is 6.79. The highest BCUT2D eigenvalue weighted by atomic mass is 16.5. The van der Waals surface area contributed by atoms with E-state index in [4.69, 9.17) is 4.74 Å². The Balaban J connectivity index is 1.51. The van der Waals surface area contributed by atoms with Gasteiger partial charge in [-0.2, -0.15) is 0 Å². The maximum Gasteiger partial charge on any atom is 0.253 e. The predicted molar refractivity (Wildman–Crippen MR) is 106 cm³/mol. The van der Waals surface area contributed by atoms with Gasteiger partial charge in [0.2, 0.25) is 5.88 Å². The fourth-order valence-corrected chi connectivity index (χ4v) is 3.30. The zero-order valence-electron chi connectivity index (χ0n) is 16.1. The summed E-state index contributed by atoms with van der Waals surface area (Å²) in [5.41, 5.74) is 1.50. The van der Waals surface area contributed by atoms with Crippen molar-refractivity contribution in [3.63, 3.8) is 0 Å². The second-order valence-corrected chi connectivity index (χ2v) is 6.79. The van der Waals surface area contributed by atoms with Gasteiger partial charge in [-0.15, -0.1) is 0 Å². The second kappa shape index (κ2) is 9.35. The van der Waals surface area contributed by atoms with E-state index < -0.39 is 0 Å². The van der Waals surface area contributed by atoms with E-state index in [1.807, 2.05) is 24.3 Å². The number of carbonyl (C=O) groups is 1. The molecular weight excluding hydrogens is 340 g/mol. The van der Waals surface area contributed by atoms with Gasteiger partial charge < -0.3 is 15.0 Å². The van der Waals surface area contributed by atoms with Crippen molar-refractivity contribution >= 4 is 11.7 Å². The number of hydrogen-bond acceptors (Lipinski definition) is 5. The van der Waals surface area contributed by atoms with E-state index in [-0.39, 0.29) is 5.91 Å². The number of nitrogens with one attached hydrogen (secondary N) is 1. The Kier molecular flexibility index (Phi) is 6.63. The number of hydrogen-bond donors (Lipinski definition) is 1. The van der Waals surface area contributed by atoms with Crippen LogP contribution in [0.15, 0.2) is 36.7 Å². The van der Waals surface area contributed by atoms with Crippen LogP contribution in [-0.4, -0.2) is 35.1 Å². The summed E-state index contributed by atoms with van der Waals surface area (Å²) < 4.78 is 5.86. The molecule has 0 bridgehead atoms. The highest BCUT2D eigenvalue weighted by molar-refractivity contribution is 5.94. The lowest BCUT2D eigenvalue weighted by Gasteiger charge is -2.19. The molecule has 0 unspecified atom stereocenters. The molecule has 1 fully saturated rings. The van der Waals surface area contributed by atoms with Crippen LogP contribution in [0.4, 0.5) is 5.82 Å². The molecule has 3 rings (SSSR count). The van der Waals surface area contributed by atoms with Crippen molar-refractivity contribution in [2.75, 3.05) is 18.0 Å². The summed E-state index contributed by atoms with van der Waals surface area (Å²) in [5, 5.41) is 2.91. The quantitative estimate of drug-likeness (QED) is 0.771. The summed E-state index contributed by atoms with van der Waals surface area (Å²) in [7, 11) is 0. The van der Waals surface area contributed by atoms with Gasteiger partial charge in [0, 0.05) is 38.1 Å². The Morgan fingerprint density at radius 2 is 1.89 bits per heavy atom. The monoisotopic (exact) mass is 368 g/mol. The molecule has 1 amide bonds. The third kappa shape index (κ3) is 5.18. The van der Waals surface area contributed by atoms with E-state index in [9.17, 15) is 4.79 Å². The average molecular weight is 368 g/mol. The van der Waals surface area contributed by atoms with E-state index in [1.54, 1.807) is 12.4 Å². The number of rotatable bonds is 8. The summed E-state index contributed by atoms with van der Waals surface area (Å²) in [4.78, 5) is 23.2. The van der Waals surface area contributed by atoms with Gasteiger partial charge in [0.05, 0.1) is 5.56 Å². The number of nitrogens with zero attached hydrogens (tertiary/aromatic N) is 3. The van der Waals surface area contributed by atoms with E-state index in [2.05, 4.69) is 34.0 Å². The Morgan fingerprint density at radius 1 is 1.11 bits per heavy atom. The lowest BCUT2D eigenvalue weighted by Crippen LogP contribution is -2.25. The zero-order valence-corrected chi connectivity index (χ0v) is 16.1. The van der Waals surface area contributed by atoms with Crippen LogP contribution in [0.25, 0.3) is 0 Å². The Labute approximate surface area is 161 Å². The SMILES string of the molecule is CCN(CC)c1ccc(C(=O)NCc2ccc(OC3CCCC3)nc2)cn1. The van der Waals surface area contributed by atoms with Gasteiger partial charge in [0.15, 0.2) is 0 Å². The molecule has 6 heteroatoms. The van der Waals surface area contributed by atoms with Crippen LogP contribution in [0.3, 0.4) is 0 Å². The Morgan fingerprint density at radius 3 is 2.48 bits per heavy atom. The normalized spacial score (nSPS) is 14.1. The summed E-state index contributed by atoms with van der Waals surface area (Å²) in [6, 6.07) is 7.52. The number of pyridine rings is 2. The first-order valence-electron chi connectivity index (χ1n) is 9.80. The van der Waals surface area contributed by atoms with Crippen LogP contribution in [0.2, 0.25) is 0 Å². The fourth-order valence-electron chi connectivity index (χ4n) is 3.30. The van der Waals surface area contributed by atoms with Crippen molar-refractivity contribution in [1.82, 2.24) is 15.3 Å². The van der Waals surface area contributed by atoms with Crippen molar-refractivity contribution in [1.29, 1.82) is 0 Å². The van der Waals surface area contributed by atoms with Crippen LogP contribution >= 0.6 is 0 Å². The minimum absolute atomic E-state index is 0.139. The van der Waals surface area contributed by atoms with Crippen LogP contribution < -0.4 is 15.0 Å². The molecule has 0 radical (unpaired) electrons. The van der Waals surface area contributed by atoms with Crippen molar-refractivity contribution in [2.24, 2.45) is 0 Å². The van der Waals surface area contributed by atoms with Gasteiger partial charge in [0.1, 0.15) is 11.9 Å². The molecule has 144 valence electrons. The average Bonchev–Trinajstić information content (AvgIpc) is 3.22. The van der Waals surface area contributed by atoms with E-state index >= 15 is 0 Å². The molecular formula is C21H28N4O2. The van der Waals surface area contributed by atoms with Gasteiger partial charge in [0.25, 0.3) is 5.91 Å². The predicted octanol–water partition coefficient (Wildman–Crippen LogP) is 3.57. The fraction of sp³-hybridized carbons (Fsp3) is 0.476. The topological polar surface area (TPSA) is 67.4 Å². The molecule has 1 aliphatic rings. The summed E-state index contributed by atoms with van der Waals surface area (Å²) >= 11 is 0. The van der Waals surface area contributed by atoms with Gasteiger partial charge in [-0.3, -0.25) is 4.79 Å². The molecule has 6 nitrogen and oxygen atoms in total. The zero-order chi connectivity index (χ0) is 19.1. The number of ether oxygens (including phenoxy) is 1. The van der Waals surface area contributed by atoms with Crippen LogP contribution in [0.5, 0.6) is 5.88 Å². The first-order chi connectivity index (χ1) is 13.2. The smallest absolute Gasteiger partial charge is 0.253 e. The molecule has 0 atom stereocenters. The van der Waals surface area contributed by atoms with Crippen molar-refractivity contribution < 1.29 is 9.53 Å². The molecule has 2 aromatic rings. The highest BCUT2D eigenvalue weighted by Crippen LogP contribution is 2.22. The Bertz CT molecular complexity index is 721. The molecule has 1 N–H and O–H groups in total. The van der Waals surface area contributed by atoms with E-state index in [0.717, 1.165) is 37.3 Å². The van der Waals surface area contributed by atoms with Gasteiger partial charge in [-0.25, -0.2) is 9.97 Å². The van der Waals surface area contributed by atoms with Gasteiger partial charge in [-0.1, -0.05) is 6.07 Å². The summed E-state index contributed by atoms with van der Waals surface area (Å²) in [5.74, 6) is 1.41. The molecule has 2 aromatic heterocycles. The van der Waals surface area contributed by atoms with Crippen molar-refractivity contribution in [3.8, 4) is 5.88 Å². The molecule has 27 heavy (non-hydrogen) atoms. The molecule has 0 saturated heterocycles. The molecule has 0 aromatic carbocycles. The van der Waals surface area contributed by atoms with Crippen molar-refractivity contribution in [2.45, 2.75) is 52.2 Å². The third-order valence-corrected chi connectivity index (χ3v) is 4.94. The van der Waals surface area contributed by atoms with Crippen molar-refractivity contribution in [3.05, 3.63) is 47.8 Å². The number of aromatic nitrogens is 2. The van der Waals surface area contributed by atoms with Crippen LogP contribution in [0.1, 0.15) is 55.5 Å². The lowest BCUT2D eigenvalue weighted by atomic mass is 10.2. The summed E-state index contributed by atoms with van der Waals surface area (Å²) in [6.45, 7) is 6.38. The Hall–Kier alpha value is -2.63. The molecule has 1 aliphatic carbocycles. The third-order valence-electron chi connectivity index (χ3n) is 4.94. The number of carbonyl (C=O) groups excluding carboxylic acids is 1. The molecule has 1 saturated carbocycles. The first-order valence-corrected chi connectivity index (χ1v) is 9.80. The van der Waals surface area contributed by atoms with Gasteiger partial charge >= 0.3 is 0 Å². The van der Waals surface area contributed by atoms with Crippen LogP contribution in [0, 0.1) is 0 Å². The minimum atomic E-state index is -0.139. The molecule has 0 aliphatic heterocycles. The maximum atomic E-state index is 12.3. The largest absolute Gasteiger partial charge is 0.474 e. The van der Waals surface area contributed by atoms with E-state index in [1.165, 1.54) is 12.8 Å². The van der Waals surface area contributed by atoms with Gasteiger partial charge in [-0.05, 0) is 57.2 Å². The number of amides is 1. The minimum Gasteiger partial charge on any atom is -0.474 e. The van der Waals surface area contributed by atoms with E-state index in [0.29, 0.717) is 24.1 Å². The molecule has 2 heterocycles. The highest BCUT2D eigenvalue weighted by Gasteiger charge is 2.16. The maximum absolute atomic E-state index is 12.3. The summed E-state index contributed by atoms with van der Waals surface area (Å²) in [6.07, 6.45) is 8.38. The number of anilines is 1. The van der Waals surface area contributed by atoms with Crippen LogP contribution in [-0.2, 0) is 6.54 Å². The first kappa shape index (κ1) is 19.1. The standard InChI is InChI=1S/C21H28N4O2/c1-3-25(4-2)19-11-10-17(15-22-19)21(26)24-14-16-9-12-20(23-13-16)27-18-7-5-6-8-18/h9-13,15,18H,3-8,14H2,1-2H3,(H,24,26).